The summed E-state index contributed by atoms with van der Waals surface area (Å²) in [6, 6.07) is 0. The number of carbonyl (C=O) groups is 1. The van der Waals surface area contributed by atoms with Crippen LogP contribution in [0.2, 0.25) is 0 Å². The van der Waals surface area contributed by atoms with Crippen LogP contribution in [0.4, 0.5) is 4.79 Å². The third-order valence-corrected chi connectivity index (χ3v) is 2.46. The van der Waals surface area contributed by atoms with Crippen LogP contribution in [-0.4, -0.2) is 28.4 Å². The van der Waals surface area contributed by atoms with Crippen LogP contribution in [0.1, 0.15) is 25.7 Å². The van der Waals surface area contributed by atoms with E-state index in [0.29, 0.717) is 6.54 Å². The molecular weight excluding hydrogens is 146 g/mol. The Hall–Kier alpha value is -0.770. The van der Waals surface area contributed by atoms with Gasteiger partial charge in [0.1, 0.15) is 5.60 Å². The van der Waals surface area contributed by atoms with E-state index in [9.17, 15) is 4.79 Å². The Morgan fingerprint density at radius 2 is 2.00 bits per heavy atom. The van der Waals surface area contributed by atoms with E-state index in [4.69, 9.17) is 9.94 Å². The van der Waals surface area contributed by atoms with E-state index >= 15 is 0 Å². The lowest BCUT2D eigenvalue weighted by Gasteiger charge is -2.44. The lowest BCUT2D eigenvalue weighted by Crippen LogP contribution is -2.59. The molecule has 0 aromatic heterocycles. The van der Waals surface area contributed by atoms with Crippen molar-refractivity contribution in [3.05, 3.63) is 0 Å². The average molecular weight is 157 g/mol. The summed E-state index contributed by atoms with van der Waals surface area (Å²) in [5.41, 5.74) is -0.0849. The predicted molar refractivity (Wildman–Crippen MR) is 37.0 cm³/mol. The molecule has 1 N–H and O–H groups in total. The van der Waals surface area contributed by atoms with Crippen molar-refractivity contribution in [1.29, 1.82) is 0 Å². The molecule has 11 heavy (non-hydrogen) atoms. The van der Waals surface area contributed by atoms with Gasteiger partial charge < -0.3 is 5.11 Å². The van der Waals surface area contributed by atoms with Crippen LogP contribution in [0.3, 0.4) is 0 Å². The van der Waals surface area contributed by atoms with Crippen molar-refractivity contribution >= 4 is 6.09 Å². The zero-order valence-electron chi connectivity index (χ0n) is 6.25. The number of hydroxylamine groups is 2. The van der Waals surface area contributed by atoms with Gasteiger partial charge in [-0.25, -0.2) is 4.79 Å². The molecule has 2 fully saturated rings. The zero-order valence-corrected chi connectivity index (χ0v) is 6.25. The van der Waals surface area contributed by atoms with Crippen LogP contribution in [0.25, 0.3) is 0 Å². The third kappa shape index (κ3) is 0.976. The van der Waals surface area contributed by atoms with Gasteiger partial charge in [-0.05, 0) is 12.8 Å². The number of carboxylic acid groups (broad SMARTS) is 1. The summed E-state index contributed by atoms with van der Waals surface area (Å²) in [7, 11) is 0. The minimum atomic E-state index is -0.970. The van der Waals surface area contributed by atoms with Crippen molar-refractivity contribution in [2.75, 3.05) is 6.54 Å². The summed E-state index contributed by atoms with van der Waals surface area (Å²) in [5.74, 6) is 0. The van der Waals surface area contributed by atoms with E-state index in [1.54, 1.807) is 0 Å². The van der Waals surface area contributed by atoms with E-state index in [2.05, 4.69) is 0 Å². The van der Waals surface area contributed by atoms with Gasteiger partial charge in [-0.3, -0.25) is 4.84 Å². The second-order valence-electron chi connectivity index (χ2n) is 3.30. The van der Waals surface area contributed by atoms with Gasteiger partial charge in [-0.2, -0.15) is 5.06 Å². The van der Waals surface area contributed by atoms with Gasteiger partial charge in [0.25, 0.3) is 0 Å². The SMILES string of the molecule is O=C(O)N1CC2(CCCC2)O1. The molecule has 4 nitrogen and oxygen atoms in total. The first-order chi connectivity index (χ1) is 5.22. The van der Waals surface area contributed by atoms with E-state index in [1.807, 2.05) is 0 Å². The van der Waals surface area contributed by atoms with Gasteiger partial charge in [-0.1, -0.05) is 12.8 Å². The van der Waals surface area contributed by atoms with Crippen LogP contribution in [-0.2, 0) is 4.84 Å². The Balaban J connectivity index is 1.91. The van der Waals surface area contributed by atoms with E-state index in [1.165, 1.54) is 12.8 Å². The summed E-state index contributed by atoms with van der Waals surface area (Å²) in [6.45, 7) is 0.572. The van der Waals surface area contributed by atoms with Crippen LogP contribution < -0.4 is 0 Å². The van der Waals surface area contributed by atoms with Crippen molar-refractivity contribution in [3.63, 3.8) is 0 Å². The normalized spacial score (nSPS) is 27.1. The maximum absolute atomic E-state index is 10.3. The summed E-state index contributed by atoms with van der Waals surface area (Å²) in [4.78, 5) is 15.5. The highest BCUT2D eigenvalue weighted by Crippen LogP contribution is 2.40. The van der Waals surface area contributed by atoms with Crippen LogP contribution >= 0.6 is 0 Å². The van der Waals surface area contributed by atoms with Crippen molar-refractivity contribution in [2.45, 2.75) is 31.3 Å². The highest BCUT2D eigenvalue weighted by molar-refractivity contribution is 5.64. The molecule has 1 saturated heterocycles. The fourth-order valence-corrected chi connectivity index (χ4v) is 1.86. The lowest BCUT2D eigenvalue weighted by atomic mass is 10.00. The molecule has 1 aliphatic heterocycles. The fourth-order valence-electron chi connectivity index (χ4n) is 1.86. The molecule has 0 unspecified atom stereocenters. The molecule has 1 aliphatic carbocycles. The minimum absolute atomic E-state index is 0.0849. The van der Waals surface area contributed by atoms with Crippen molar-refractivity contribution in [2.24, 2.45) is 0 Å². The molecule has 1 saturated carbocycles. The first kappa shape index (κ1) is 6.91. The highest BCUT2D eigenvalue weighted by atomic mass is 16.8. The van der Waals surface area contributed by atoms with Crippen LogP contribution in [0.15, 0.2) is 0 Å². The van der Waals surface area contributed by atoms with Crippen LogP contribution in [0, 0.1) is 0 Å². The first-order valence-electron chi connectivity index (χ1n) is 3.91. The standard InChI is InChI=1S/C7H11NO3/c9-6(10)8-5-7(11-8)3-1-2-4-7/h1-5H2,(H,9,10). The molecule has 62 valence electrons. The molecule has 1 heterocycles. The van der Waals surface area contributed by atoms with Gasteiger partial charge in [0.15, 0.2) is 0 Å². The van der Waals surface area contributed by atoms with Crippen molar-refractivity contribution in [3.8, 4) is 0 Å². The van der Waals surface area contributed by atoms with Crippen molar-refractivity contribution in [1.82, 2.24) is 5.06 Å². The fraction of sp³-hybridized carbons (Fsp3) is 0.857. The molecule has 0 atom stereocenters. The van der Waals surface area contributed by atoms with Gasteiger partial charge in [0, 0.05) is 0 Å². The smallest absolute Gasteiger partial charge is 0.431 e. The van der Waals surface area contributed by atoms with Gasteiger partial charge >= 0.3 is 6.09 Å². The van der Waals surface area contributed by atoms with Crippen molar-refractivity contribution < 1.29 is 14.7 Å². The molecule has 1 spiro atoms. The molecule has 1 amide bonds. The number of nitrogens with zero attached hydrogens (tertiary/aromatic N) is 1. The minimum Gasteiger partial charge on any atom is -0.463 e. The second-order valence-corrected chi connectivity index (χ2v) is 3.30. The highest BCUT2D eigenvalue weighted by Gasteiger charge is 2.49. The van der Waals surface area contributed by atoms with E-state index in [-0.39, 0.29) is 5.60 Å². The lowest BCUT2D eigenvalue weighted by molar-refractivity contribution is -0.323. The third-order valence-electron chi connectivity index (χ3n) is 2.46. The number of amides is 1. The maximum Gasteiger partial charge on any atom is 0.431 e. The summed E-state index contributed by atoms with van der Waals surface area (Å²) in [6.07, 6.45) is 3.43. The summed E-state index contributed by atoms with van der Waals surface area (Å²) >= 11 is 0. The largest absolute Gasteiger partial charge is 0.463 e. The van der Waals surface area contributed by atoms with E-state index < -0.39 is 6.09 Å². The molecule has 0 aromatic carbocycles. The van der Waals surface area contributed by atoms with Gasteiger partial charge in [0.05, 0.1) is 6.54 Å². The average Bonchev–Trinajstić information content (AvgIpc) is 2.29. The monoisotopic (exact) mass is 157 g/mol. The summed E-state index contributed by atoms with van der Waals surface area (Å²) < 4.78 is 0. The Labute approximate surface area is 64.7 Å². The van der Waals surface area contributed by atoms with Crippen LogP contribution in [0.5, 0.6) is 0 Å². The van der Waals surface area contributed by atoms with E-state index in [0.717, 1.165) is 17.9 Å². The topological polar surface area (TPSA) is 49.8 Å². The Kier molecular flexibility index (Phi) is 1.32. The number of hydrogen-bond acceptors (Lipinski definition) is 2. The van der Waals surface area contributed by atoms with Gasteiger partial charge in [0.2, 0.25) is 0 Å². The molecule has 4 heteroatoms. The maximum atomic E-state index is 10.3. The quantitative estimate of drug-likeness (QED) is 0.575. The Bertz CT molecular complexity index is 178. The number of hydrogen-bond donors (Lipinski definition) is 1. The molecular formula is C7H11NO3. The zero-order chi connectivity index (χ0) is 7.90. The second kappa shape index (κ2) is 2.11. The van der Waals surface area contributed by atoms with Gasteiger partial charge in [-0.15, -0.1) is 0 Å². The predicted octanol–water partition coefficient (Wildman–Crippen LogP) is 1.22. The molecule has 0 aromatic rings. The number of rotatable bonds is 0. The first-order valence-corrected chi connectivity index (χ1v) is 3.91. The molecule has 0 bridgehead atoms. The molecule has 0 radical (unpaired) electrons. The molecule has 2 rings (SSSR count). The Morgan fingerprint density at radius 1 is 1.45 bits per heavy atom. The Morgan fingerprint density at radius 3 is 2.45 bits per heavy atom. The summed E-state index contributed by atoms with van der Waals surface area (Å²) in [5, 5.41) is 9.50. The molecule has 2 aliphatic rings.